The van der Waals surface area contributed by atoms with E-state index in [1.54, 1.807) is 34.5 Å². The zero-order valence-corrected chi connectivity index (χ0v) is 16.9. The molecule has 0 amide bonds. The number of aldehydes is 1. The standard InChI is InChI=1S/C22H26O6/c1-15(11-17-13-20(25-3)22(27-5)21(14-17)26-4)28-18-9-8-16(7-6-10-23)12-19(18)24-2/h6-10,12-15H,11H2,1-5H3/b7-6+. The Kier molecular flexibility index (Phi) is 7.75. The molecule has 0 heterocycles. The van der Waals surface area contributed by atoms with Crippen LogP contribution in [0.1, 0.15) is 18.1 Å². The second-order valence-corrected chi connectivity index (χ2v) is 6.07. The van der Waals surface area contributed by atoms with Gasteiger partial charge in [-0.25, -0.2) is 0 Å². The molecule has 0 spiro atoms. The number of methoxy groups -OCH3 is 4. The van der Waals surface area contributed by atoms with E-state index in [2.05, 4.69) is 0 Å². The molecule has 0 aliphatic rings. The summed E-state index contributed by atoms with van der Waals surface area (Å²) >= 11 is 0. The number of ether oxygens (including phenoxy) is 5. The molecule has 0 N–H and O–H groups in total. The molecule has 2 aromatic rings. The highest BCUT2D eigenvalue weighted by Gasteiger charge is 2.16. The highest BCUT2D eigenvalue weighted by atomic mass is 16.5. The molecule has 1 unspecified atom stereocenters. The zero-order valence-electron chi connectivity index (χ0n) is 16.9. The average Bonchev–Trinajstić information content (AvgIpc) is 2.71. The fraction of sp³-hybridized carbons (Fsp3) is 0.318. The predicted molar refractivity (Wildman–Crippen MR) is 108 cm³/mol. The van der Waals surface area contributed by atoms with E-state index in [1.807, 2.05) is 37.3 Å². The van der Waals surface area contributed by atoms with Gasteiger partial charge in [0, 0.05) is 6.42 Å². The van der Waals surface area contributed by atoms with Gasteiger partial charge in [0.15, 0.2) is 23.0 Å². The Hall–Kier alpha value is -3.15. The Labute approximate surface area is 165 Å². The van der Waals surface area contributed by atoms with Crippen LogP contribution in [0.3, 0.4) is 0 Å². The minimum Gasteiger partial charge on any atom is -0.493 e. The topological polar surface area (TPSA) is 63.2 Å². The van der Waals surface area contributed by atoms with Crippen LogP contribution in [0.2, 0.25) is 0 Å². The van der Waals surface area contributed by atoms with E-state index in [1.165, 1.54) is 6.08 Å². The van der Waals surface area contributed by atoms with Gasteiger partial charge in [-0.1, -0.05) is 12.1 Å². The van der Waals surface area contributed by atoms with Crippen molar-refractivity contribution in [2.45, 2.75) is 19.4 Å². The van der Waals surface area contributed by atoms with Crippen molar-refractivity contribution >= 4 is 12.4 Å². The molecule has 0 radical (unpaired) electrons. The van der Waals surface area contributed by atoms with Gasteiger partial charge in [-0.15, -0.1) is 0 Å². The van der Waals surface area contributed by atoms with Crippen molar-refractivity contribution in [1.82, 2.24) is 0 Å². The number of hydrogen-bond acceptors (Lipinski definition) is 6. The summed E-state index contributed by atoms with van der Waals surface area (Å²) in [6, 6.07) is 9.33. The molecule has 0 bridgehead atoms. The van der Waals surface area contributed by atoms with Crippen LogP contribution in [0.15, 0.2) is 36.4 Å². The van der Waals surface area contributed by atoms with Gasteiger partial charge >= 0.3 is 0 Å². The van der Waals surface area contributed by atoms with Crippen LogP contribution >= 0.6 is 0 Å². The summed E-state index contributed by atoms with van der Waals surface area (Å²) in [5, 5.41) is 0. The molecular weight excluding hydrogens is 360 g/mol. The van der Waals surface area contributed by atoms with Crippen molar-refractivity contribution in [3.63, 3.8) is 0 Å². The Bertz CT molecular complexity index is 803. The lowest BCUT2D eigenvalue weighted by Gasteiger charge is -2.19. The first-order valence-corrected chi connectivity index (χ1v) is 8.81. The van der Waals surface area contributed by atoms with E-state index in [0.717, 1.165) is 17.4 Å². The van der Waals surface area contributed by atoms with E-state index >= 15 is 0 Å². The summed E-state index contributed by atoms with van der Waals surface area (Å²) in [6.45, 7) is 1.98. The molecule has 0 saturated carbocycles. The number of carbonyl (C=O) groups is 1. The normalized spacial score (nSPS) is 11.8. The van der Waals surface area contributed by atoms with Gasteiger partial charge in [-0.2, -0.15) is 0 Å². The lowest BCUT2D eigenvalue weighted by molar-refractivity contribution is -0.104. The zero-order chi connectivity index (χ0) is 20.5. The smallest absolute Gasteiger partial charge is 0.203 e. The van der Waals surface area contributed by atoms with Crippen LogP contribution in [0.5, 0.6) is 28.7 Å². The van der Waals surface area contributed by atoms with E-state index in [4.69, 9.17) is 23.7 Å². The quantitative estimate of drug-likeness (QED) is 0.455. The van der Waals surface area contributed by atoms with Crippen LogP contribution in [0.4, 0.5) is 0 Å². The Morgan fingerprint density at radius 3 is 2.04 bits per heavy atom. The van der Waals surface area contributed by atoms with Crippen molar-refractivity contribution in [2.75, 3.05) is 28.4 Å². The SMILES string of the molecule is COc1cc(/C=C/C=O)ccc1OC(C)Cc1cc(OC)c(OC)c(OC)c1. The maximum atomic E-state index is 10.5. The van der Waals surface area contributed by atoms with Gasteiger partial charge in [-0.05, 0) is 48.4 Å². The molecule has 2 aromatic carbocycles. The Balaban J connectivity index is 2.19. The molecule has 28 heavy (non-hydrogen) atoms. The first kappa shape index (κ1) is 21.2. The highest BCUT2D eigenvalue weighted by Crippen LogP contribution is 2.38. The largest absolute Gasteiger partial charge is 0.493 e. The summed E-state index contributed by atoms with van der Waals surface area (Å²) in [5.41, 5.74) is 1.85. The number of rotatable bonds is 10. The van der Waals surface area contributed by atoms with Gasteiger partial charge < -0.3 is 23.7 Å². The monoisotopic (exact) mass is 386 g/mol. The number of allylic oxidation sites excluding steroid dienone is 1. The lowest BCUT2D eigenvalue weighted by Crippen LogP contribution is -2.16. The average molecular weight is 386 g/mol. The maximum Gasteiger partial charge on any atom is 0.203 e. The highest BCUT2D eigenvalue weighted by molar-refractivity contribution is 5.74. The predicted octanol–water partition coefficient (Wildman–Crippen LogP) is 3.94. The summed E-state index contributed by atoms with van der Waals surface area (Å²) in [6.07, 6.45) is 4.37. The lowest BCUT2D eigenvalue weighted by atomic mass is 10.1. The molecule has 150 valence electrons. The van der Waals surface area contributed by atoms with Gasteiger partial charge in [-0.3, -0.25) is 4.79 Å². The van der Waals surface area contributed by atoms with Crippen molar-refractivity contribution in [2.24, 2.45) is 0 Å². The van der Waals surface area contributed by atoms with Gasteiger partial charge in [0.2, 0.25) is 5.75 Å². The molecule has 0 fully saturated rings. The van der Waals surface area contributed by atoms with Gasteiger partial charge in [0.05, 0.1) is 28.4 Å². The number of hydrogen-bond donors (Lipinski definition) is 0. The van der Waals surface area contributed by atoms with Crippen molar-refractivity contribution in [3.8, 4) is 28.7 Å². The Morgan fingerprint density at radius 1 is 0.857 bits per heavy atom. The van der Waals surface area contributed by atoms with Gasteiger partial charge in [0.25, 0.3) is 0 Å². The van der Waals surface area contributed by atoms with Crippen LogP contribution in [-0.4, -0.2) is 40.8 Å². The van der Waals surface area contributed by atoms with Crippen LogP contribution < -0.4 is 23.7 Å². The minimum atomic E-state index is -0.131. The molecular formula is C22H26O6. The summed E-state index contributed by atoms with van der Waals surface area (Å²) in [4.78, 5) is 10.5. The van der Waals surface area contributed by atoms with Crippen molar-refractivity contribution < 1.29 is 28.5 Å². The van der Waals surface area contributed by atoms with E-state index in [9.17, 15) is 4.79 Å². The molecule has 6 heteroatoms. The third-order valence-corrected chi connectivity index (χ3v) is 4.13. The van der Waals surface area contributed by atoms with E-state index in [-0.39, 0.29) is 6.10 Å². The van der Waals surface area contributed by atoms with Gasteiger partial charge in [0.1, 0.15) is 12.4 Å². The van der Waals surface area contributed by atoms with Crippen molar-refractivity contribution in [1.29, 1.82) is 0 Å². The second-order valence-electron chi connectivity index (χ2n) is 6.07. The molecule has 0 aliphatic heterocycles. The summed E-state index contributed by atoms with van der Waals surface area (Å²) in [5.74, 6) is 3.00. The maximum absolute atomic E-state index is 10.5. The first-order valence-electron chi connectivity index (χ1n) is 8.81. The second kappa shape index (κ2) is 10.3. The number of benzene rings is 2. The van der Waals surface area contributed by atoms with E-state index < -0.39 is 0 Å². The molecule has 1 atom stereocenters. The Morgan fingerprint density at radius 2 is 1.50 bits per heavy atom. The fourth-order valence-electron chi connectivity index (χ4n) is 2.88. The van der Waals surface area contributed by atoms with Crippen molar-refractivity contribution in [3.05, 3.63) is 47.5 Å². The first-order chi connectivity index (χ1) is 13.6. The molecule has 0 aliphatic carbocycles. The van der Waals surface area contributed by atoms with Crippen LogP contribution in [0.25, 0.3) is 6.08 Å². The van der Waals surface area contributed by atoms with Crippen LogP contribution in [-0.2, 0) is 11.2 Å². The molecule has 2 rings (SSSR count). The number of carbonyl (C=O) groups excluding carboxylic acids is 1. The summed E-state index contributed by atoms with van der Waals surface area (Å²) < 4.78 is 27.7. The minimum absolute atomic E-state index is 0.131. The molecule has 6 nitrogen and oxygen atoms in total. The fourth-order valence-corrected chi connectivity index (χ4v) is 2.88. The van der Waals surface area contributed by atoms with E-state index in [0.29, 0.717) is 35.2 Å². The van der Waals surface area contributed by atoms with Crippen LogP contribution in [0, 0.1) is 0 Å². The third kappa shape index (κ3) is 5.19. The molecule has 0 saturated heterocycles. The summed E-state index contributed by atoms with van der Waals surface area (Å²) in [7, 11) is 6.34. The molecule has 0 aromatic heterocycles. The third-order valence-electron chi connectivity index (χ3n) is 4.13.